The summed E-state index contributed by atoms with van der Waals surface area (Å²) in [4.78, 5) is 14.5. The number of hydrogen-bond donors (Lipinski definition) is 0. The fraction of sp³-hybridized carbons (Fsp3) is 0.667. The number of carbonyl (C=O) groups is 1. The average molecular weight is 400 g/mol. The summed E-state index contributed by atoms with van der Waals surface area (Å²) in [6, 6.07) is 4.56. The molecule has 5 heteroatoms. The molecule has 1 radical (unpaired) electrons. The minimum atomic E-state index is -0.804. The van der Waals surface area contributed by atoms with Crippen molar-refractivity contribution in [2.75, 3.05) is 11.4 Å². The van der Waals surface area contributed by atoms with Crippen LogP contribution in [0.5, 0.6) is 0 Å². The molecule has 0 N–H and O–H groups in total. The summed E-state index contributed by atoms with van der Waals surface area (Å²) in [5, 5.41) is 0. The molecule has 1 rings (SSSR count). The molecule has 0 saturated carbocycles. The number of unbranched alkanes of at least 4 members (excludes halogenated alkanes) is 1. The van der Waals surface area contributed by atoms with E-state index in [4.69, 9.17) is 0 Å². The first-order valence-electron chi connectivity index (χ1n) is 9.46. The number of rotatable bonds is 10. The van der Waals surface area contributed by atoms with E-state index >= 15 is 0 Å². The van der Waals surface area contributed by atoms with Crippen LogP contribution >= 0.6 is 0 Å². The van der Waals surface area contributed by atoms with Gasteiger partial charge in [0.25, 0.3) is 0 Å². The van der Waals surface area contributed by atoms with Crippen LogP contribution < -0.4 is 4.90 Å². The molecule has 1 aromatic carbocycles. The first-order valence-corrected chi connectivity index (χ1v) is 9.46. The van der Waals surface area contributed by atoms with Crippen LogP contribution in [0.15, 0.2) is 12.1 Å². The summed E-state index contributed by atoms with van der Waals surface area (Å²) >= 11 is 0. The smallest absolute Gasteiger partial charge is 0.232 e. The van der Waals surface area contributed by atoms with Gasteiger partial charge in [0.05, 0.1) is 11.8 Å². The van der Waals surface area contributed by atoms with Gasteiger partial charge < -0.3 is 4.90 Å². The molecule has 0 saturated heterocycles. The van der Waals surface area contributed by atoms with Gasteiger partial charge in [0, 0.05) is 33.7 Å². The van der Waals surface area contributed by atoms with E-state index in [1.54, 1.807) is 0 Å². The van der Waals surface area contributed by atoms with E-state index in [1.165, 1.54) is 11.0 Å². The molecule has 0 spiro atoms. The van der Waals surface area contributed by atoms with Crippen LogP contribution in [-0.4, -0.2) is 12.5 Å². The number of carbonyl (C=O) groups excluding carboxylic acids is 1. The third-order valence-electron chi connectivity index (χ3n) is 5.14. The van der Waals surface area contributed by atoms with Crippen LogP contribution in [0.1, 0.15) is 73.1 Å². The summed E-state index contributed by atoms with van der Waals surface area (Å²) < 4.78 is 27.5. The predicted octanol–water partition coefficient (Wildman–Crippen LogP) is 6.14. The van der Waals surface area contributed by atoms with E-state index < -0.39 is 17.0 Å². The monoisotopic (exact) mass is 400 g/mol. The van der Waals surface area contributed by atoms with E-state index in [0.717, 1.165) is 38.2 Å². The fourth-order valence-electron chi connectivity index (χ4n) is 2.85. The Morgan fingerprint density at radius 3 is 2.35 bits per heavy atom. The van der Waals surface area contributed by atoms with Crippen molar-refractivity contribution in [1.29, 1.82) is 0 Å². The minimum absolute atomic E-state index is 0. The molecule has 0 aliphatic heterocycles. The van der Waals surface area contributed by atoms with Crippen molar-refractivity contribution < 1.29 is 35.3 Å². The molecule has 0 fully saturated rings. The molecule has 145 valence electrons. The van der Waals surface area contributed by atoms with Gasteiger partial charge in [0.2, 0.25) is 5.91 Å². The largest absolute Gasteiger partial charge is 0.309 e. The zero-order chi connectivity index (χ0) is 19.0. The van der Waals surface area contributed by atoms with E-state index in [2.05, 4.69) is 19.9 Å². The first kappa shape index (κ1) is 25.3. The van der Waals surface area contributed by atoms with Gasteiger partial charge >= 0.3 is 0 Å². The summed E-state index contributed by atoms with van der Waals surface area (Å²) in [7, 11) is 0. The number of amides is 1. The Kier molecular flexibility index (Phi) is 11.5. The van der Waals surface area contributed by atoms with Crippen molar-refractivity contribution in [3.8, 4) is 0 Å². The van der Waals surface area contributed by atoms with Gasteiger partial charge in [-0.1, -0.05) is 60.3 Å². The van der Waals surface area contributed by atoms with Crippen LogP contribution in [0, 0.1) is 29.0 Å². The topological polar surface area (TPSA) is 20.3 Å². The maximum Gasteiger partial charge on any atom is 0.232 e. The Hall–Kier alpha value is -0.736. The molecule has 0 aromatic heterocycles. The quantitative estimate of drug-likeness (QED) is 0.432. The zero-order valence-electron chi connectivity index (χ0n) is 16.8. The Labute approximate surface area is 172 Å². The summed E-state index contributed by atoms with van der Waals surface area (Å²) in [6.07, 6.45) is 5.93. The second-order valence-electron chi connectivity index (χ2n) is 7.40. The van der Waals surface area contributed by atoms with E-state index in [1.807, 2.05) is 20.8 Å². The molecule has 0 heterocycles. The van der Waals surface area contributed by atoms with Crippen molar-refractivity contribution in [3.05, 3.63) is 29.8 Å². The second-order valence-corrected chi connectivity index (χ2v) is 7.40. The van der Waals surface area contributed by atoms with Gasteiger partial charge in [-0.25, -0.2) is 8.78 Å². The predicted molar refractivity (Wildman–Crippen MR) is 99.5 cm³/mol. The summed E-state index contributed by atoms with van der Waals surface area (Å²) in [6.45, 7) is 10.4. The SMILES string of the molecule is CCCCC(CC)CCN(C(=O)C(C)(C)CC)c1ccc(F)[c]c1F.[Ti]. The van der Waals surface area contributed by atoms with Crippen molar-refractivity contribution in [2.24, 2.45) is 11.3 Å². The third-order valence-corrected chi connectivity index (χ3v) is 5.14. The van der Waals surface area contributed by atoms with Gasteiger partial charge in [0.15, 0.2) is 5.82 Å². The molecule has 2 nitrogen and oxygen atoms in total. The van der Waals surface area contributed by atoms with Gasteiger partial charge in [-0.15, -0.1) is 0 Å². The second kappa shape index (κ2) is 11.9. The number of benzene rings is 1. The van der Waals surface area contributed by atoms with Crippen LogP contribution in [0.25, 0.3) is 0 Å². The normalized spacial score (nSPS) is 12.4. The molecule has 0 aliphatic carbocycles. The first-order chi connectivity index (χ1) is 11.8. The maximum atomic E-state index is 14.3. The van der Waals surface area contributed by atoms with Gasteiger partial charge in [-0.3, -0.25) is 4.79 Å². The molecule has 26 heavy (non-hydrogen) atoms. The number of halogens is 2. The van der Waals surface area contributed by atoms with Gasteiger partial charge in [-0.2, -0.15) is 0 Å². The van der Waals surface area contributed by atoms with Crippen molar-refractivity contribution in [3.63, 3.8) is 0 Å². The maximum absolute atomic E-state index is 14.3. The van der Waals surface area contributed by atoms with E-state index in [-0.39, 0.29) is 33.3 Å². The van der Waals surface area contributed by atoms with Crippen molar-refractivity contribution in [1.82, 2.24) is 0 Å². The third kappa shape index (κ3) is 7.11. The van der Waals surface area contributed by atoms with Crippen molar-refractivity contribution >= 4 is 11.6 Å². The Bertz CT molecular complexity index is 563. The van der Waals surface area contributed by atoms with Crippen LogP contribution in [0.3, 0.4) is 0 Å². The number of nitrogens with zero attached hydrogens (tertiary/aromatic N) is 1. The summed E-state index contributed by atoms with van der Waals surface area (Å²) in [5.41, 5.74) is -0.468. The molecule has 0 aliphatic rings. The van der Waals surface area contributed by atoms with Crippen LogP contribution in [0.4, 0.5) is 14.5 Å². The zero-order valence-corrected chi connectivity index (χ0v) is 18.4. The van der Waals surface area contributed by atoms with E-state index in [9.17, 15) is 13.6 Å². The van der Waals surface area contributed by atoms with Gasteiger partial charge in [-0.05, 0) is 30.9 Å². The Balaban J connectivity index is 0.00000625. The molecule has 1 aromatic rings. The molecular formula is C21H32F2NOTi. The van der Waals surface area contributed by atoms with E-state index in [0.29, 0.717) is 18.9 Å². The Morgan fingerprint density at radius 2 is 1.85 bits per heavy atom. The van der Waals surface area contributed by atoms with Crippen LogP contribution in [0.2, 0.25) is 0 Å². The molecular weight excluding hydrogens is 368 g/mol. The molecule has 1 unspecified atom stereocenters. The molecule has 0 bridgehead atoms. The molecule has 1 amide bonds. The van der Waals surface area contributed by atoms with Crippen molar-refractivity contribution in [2.45, 2.75) is 73.1 Å². The number of anilines is 1. The number of hydrogen-bond acceptors (Lipinski definition) is 1. The fourth-order valence-corrected chi connectivity index (χ4v) is 2.85. The summed E-state index contributed by atoms with van der Waals surface area (Å²) in [5.74, 6) is -1.17. The minimum Gasteiger partial charge on any atom is -0.309 e. The standard InChI is InChI=1S/C21H32F2NO.Ti/c1-6-9-10-16(7-2)13-14-24(20(25)21(4,5)8-3)19-12-11-17(22)15-18(19)23;/h11-12,16H,6-10,13-14H2,1-5H3;. The Morgan fingerprint density at radius 1 is 1.19 bits per heavy atom. The molecule has 1 atom stereocenters. The average Bonchev–Trinajstić information content (AvgIpc) is 2.58. The van der Waals surface area contributed by atoms with Gasteiger partial charge in [0.1, 0.15) is 5.82 Å². The van der Waals surface area contributed by atoms with Crippen LogP contribution in [-0.2, 0) is 26.5 Å².